The SMILES string of the molecule is CC(C)C[C@H](NC(=O)[C@@H](N)CCc1ccccc1)C(=O)C[C@@H](Cc1ccccc1)C(=O)N[C@@H](CC(C)C)C(=O)[C@@]1(C)CO1. The monoisotopic (exact) mass is 591 g/mol. The number of amides is 2. The minimum absolute atomic E-state index is 0.0754. The summed E-state index contributed by atoms with van der Waals surface area (Å²) in [6, 6.07) is 17.1. The molecule has 2 aromatic rings. The van der Waals surface area contributed by atoms with Crippen LogP contribution in [-0.2, 0) is 36.8 Å². The van der Waals surface area contributed by atoms with Crippen LogP contribution in [0.25, 0.3) is 0 Å². The molecule has 0 aliphatic carbocycles. The Morgan fingerprint density at radius 3 is 1.86 bits per heavy atom. The Labute approximate surface area is 256 Å². The largest absolute Gasteiger partial charge is 0.361 e. The van der Waals surface area contributed by atoms with Crippen molar-refractivity contribution >= 4 is 23.4 Å². The highest BCUT2D eigenvalue weighted by atomic mass is 16.6. The van der Waals surface area contributed by atoms with Gasteiger partial charge < -0.3 is 21.1 Å². The van der Waals surface area contributed by atoms with Crippen LogP contribution < -0.4 is 16.4 Å². The van der Waals surface area contributed by atoms with Gasteiger partial charge in [-0.05, 0) is 62.0 Å². The number of carbonyl (C=O) groups excluding carboxylic acids is 4. The molecule has 1 saturated heterocycles. The minimum atomic E-state index is -0.872. The summed E-state index contributed by atoms with van der Waals surface area (Å²) in [5, 5.41) is 5.85. The first-order chi connectivity index (χ1) is 20.4. The highest BCUT2D eigenvalue weighted by Gasteiger charge is 2.50. The van der Waals surface area contributed by atoms with Crippen molar-refractivity contribution in [1.29, 1.82) is 0 Å². The first-order valence-corrected chi connectivity index (χ1v) is 15.5. The Balaban J connectivity index is 1.74. The molecule has 1 heterocycles. The van der Waals surface area contributed by atoms with E-state index < -0.39 is 29.6 Å². The van der Waals surface area contributed by atoms with Gasteiger partial charge in [0.2, 0.25) is 11.8 Å². The highest BCUT2D eigenvalue weighted by Crippen LogP contribution is 2.30. The van der Waals surface area contributed by atoms with Crippen LogP contribution in [0.4, 0.5) is 0 Å². The minimum Gasteiger partial charge on any atom is -0.361 e. The lowest BCUT2D eigenvalue weighted by molar-refractivity contribution is -0.135. The number of ether oxygens (including phenoxy) is 1. The second kappa shape index (κ2) is 15.9. The van der Waals surface area contributed by atoms with E-state index >= 15 is 0 Å². The van der Waals surface area contributed by atoms with E-state index in [1.807, 2.05) is 88.4 Å². The molecule has 8 nitrogen and oxygen atoms in total. The first kappa shape index (κ1) is 34.1. The number of hydrogen-bond donors (Lipinski definition) is 3. The van der Waals surface area contributed by atoms with Crippen LogP contribution in [0.2, 0.25) is 0 Å². The number of carbonyl (C=O) groups is 4. The molecule has 0 saturated carbocycles. The lowest BCUT2D eigenvalue weighted by Crippen LogP contribution is -2.51. The molecule has 0 bridgehead atoms. The van der Waals surface area contributed by atoms with Crippen molar-refractivity contribution in [1.82, 2.24) is 10.6 Å². The molecule has 4 N–H and O–H groups in total. The van der Waals surface area contributed by atoms with Crippen LogP contribution >= 0.6 is 0 Å². The Kier molecular flexibility index (Phi) is 12.6. The van der Waals surface area contributed by atoms with Crippen molar-refractivity contribution in [2.45, 2.75) is 96.9 Å². The topological polar surface area (TPSA) is 131 Å². The van der Waals surface area contributed by atoms with Gasteiger partial charge in [0.05, 0.1) is 24.7 Å². The maximum Gasteiger partial charge on any atom is 0.237 e. The molecule has 3 rings (SSSR count). The zero-order valence-electron chi connectivity index (χ0n) is 26.3. The van der Waals surface area contributed by atoms with Gasteiger partial charge >= 0.3 is 0 Å². The second-order valence-electron chi connectivity index (χ2n) is 13.0. The van der Waals surface area contributed by atoms with Crippen molar-refractivity contribution in [3.8, 4) is 0 Å². The zero-order valence-corrected chi connectivity index (χ0v) is 26.3. The Morgan fingerprint density at radius 2 is 1.33 bits per heavy atom. The summed E-state index contributed by atoms with van der Waals surface area (Å²) < 4.78 is 5.38. The molecule has 0 unspecified atom stereocenters. The van der Waals surface area contributed by atoms with E-state index in [1.54, 1.807) is 6.92 Å². The van der Waals surface area contributed by atoms with Gasteiger partial charge in [0, 0.05) is 12.3 Å². The van der Waals surface area contributed by atoms with Gasteiger partial charge in [-0.1, -0.05) is 88.4 Å². The van der Waals surface area contributed by atoms with E-state index in [-0.39, 0.29) is 41.6 Å². The smallest absolute Gasteiger partial charge is 0.237 e. The number of hydrogen-bond acceptors (Lipinski definition) is 6. The number of epoxide rings is 1. The summed E-state index contributed by atoms with van der Waals surface area (Å²) in [6.45, 7) is 10.0. The van der Waals surface area contributed by atoms with Gasteiger partial charge in [-0.15, -0.1) is 0 Å². The average molecular weight is 592 g/mol. The fraction of sp³-hybridized carbons (Fsp3) is 0.543. The van der Waals surface area contributed by atoms with Gasteiger partial charge in [0.15, 0.2) is 11.6 Å². The van der Waals surface area contributed by atoms with Crippen molar-refractivity contribution in [3.05, 3.63) is 71.8 Å². The molecule has 0 aromatic heterocycles. The quantitative estimate of drug-likeness (QED) is 0.223. The van der Waals surface area contributed by atoms with Crippen LogP contribution in [0, 0.1) is 17.8 Å². The van der Waals surface area contributed by atoms with E-state index in [1.165, 1.54) is 0 Å². The van der Waals surface area contributed by atoms with Crippen LogP contribution in [0.1, 0.15) is 71.4 Å². The molecule has 0 radical (unpaired) electrons. The highest BCUT2D eigenvalue weighted by molar-refractivity contribution is 5.98. The number of Topliss-reactive ketones (excluding diaryl/α,β-unsaturated/α-hetero) is 2. The molecular formula is C35H49N3O5. The average Bonchev–Trinajstić information content (AvgIpc) is 3.73. The maximum absolute atomic E-state index is 13.8. The van der Waals surface area contributed by atoms with Gasteiger partial charge in [0.25, 0.3) is 0 Å². The van der Waals surface area contributed by atoms with Crippen molar-refractivity contribution in [2.75, 3.05) is 6.61 Å². The standard InChI is InChI=1S/C35H49N3O5/c1-23(2)18-29(37-34(42)28(36)17-16-25-12-8-6-9-13-25)31(39)21-27(20-26-14-10-7-11-15-26)33(41)38-30(19-24(3)4)32(40)35(5)22-43-35/h6-15,23-24,27-30H,16-22,36H2,1-5H3,(H,37,42)(H,38,41)/t27-,28+,29+,30+,35-/m1/s1. The third-order valence-corrected chi connectivity index (χ3v) is 7.92. The molecule has 2 amide bonds. The maximum atomic E-state index is 13.8. The molecular weight excluding hydrogens is 542 g/mol. The Hall–Kier alpha value is -3.36. The van der Waals surface area contributed by atoms with E-state index in [9.17, 15) is 19.2 Å². The summed E-state index contributed by atoms with van der Waals surface area (Å²) in [7, 11) is 0. The number of benzene rings is 2. The number of rotatable bonds is 18. The van der Waals surface area contributed by atoms with Gasteiger partial charge in [-0.25, -0.2) is 0 Å². The summed E-state index contributed by atoms with van der Waals surface area (Å²) in [5.41, 5.74) is 7.36. The Bertz CT molecular complexity index is 1210. The van der Waals surface area contributed by atoms with Gasteiger partial charge in [0.1, 0.15) is 5.60 Å². The fourth-order valence-electron chi connectivity index (χ4n) is 5.27. The number of nitrogens with two attached hydrogens (primary N) is 1. The number of aryl methyl sites for hydroxylation is 1. The third-order valence-electron chi connectivity index (χ3n) is 7.92. The number of ketones is 2. The normalized spacial score (nSPS) is 18.9. The molecule has 1 aliphatic heterocycles. The van der Waals surface area contributed by atoms with Crippen LogP contribution in [0.3, 0.4) is 0 Å². The summed E-state index contributed by atoms with van der Waals surface area (Å²) >= 11 is 0. The van der Waals surface area contributed by atoms with Crippen molar-refractivity contribution in [2.24, 2.45) is 23.5 Å². The van der Waals surface area contributed by atoms with E-state index in [4.69, 9.17) is 10.5 Å². The third kappa shape index (κ3) is 11.0. The molecule has 0 spiro atoms. The van der Waals surface area contributed by atoms with E-state index in [2.05, 4.69) is 10.6 Å². The van der Waals surface area contributed by atoms with Gasteiger partial charge in [-0.3, -0.25) is 19.2 Å². The lowest BCUT2D eigenvalue weighted by atomic mass is 9.87. The second-order valence-corrected chi connectivity index (χ2v) is 13.0. The molecule has 43 heavy (non-hydrogen) atoms. The summed E-state index contributed by atoms with van der Waals surface area (Å²) in [6.07, 6.45) is 2.26. The Morgan fingerprint density at radius 1 is 0.814 bits per heavy atom. The summed E-state index contributed by atoms with van der Waals surface area (Å²) in [4.78, 5) is 53.8. The van der Waals surface area contributed by atoms with Crippen molar-refractivity contribution < 1.29 is 23.9 Å². The van der Waals surface area contributed by atoms with Crippen LogP contribution in [-0.4, -0.2) is 53.7 Å². The molecule has 234 valence electrons. The van der Waals surface area contributed by atoms with Gasteiger partial charge in [-0.2, -0.15) is 0 Å². The lowest BCUT2D eigenvalue weighted by Gasteiger charge is -2.26. The molecule has 1 fully saturated rings. The van der Waals surface area contributed by atoms with Crippen LogP contribution in [0.15, 0.2) is 60.7 Å². The van der Waals surface area contributed by atoms with Crippen LogP contribution in [0.5, 0.6) is 0 Å². The predicted octanol–water partition coefficient (Wildman–Crippen LogP) is 4.18. The molecule has 2 aromatic carbocycles. The molecule has 1 aliphatic rings. The fourth-order valence-corrected chi connectivity index (χ4v) is 5.27. The molecule has 8 heteroatoms. The van der Waals surface area contributed by atoms with E-state index in [0.29, 0.717) is 38.7 Å². The zero-order chi connectivity index (χ0) is 31.6. The van der Waals surface area contributed by atoms with E-state index in [0.717, 1.165) is 11.1 Å². The molecule has 5 atom stereocenters. The predicted molar refractivity (Wildman–Crippen MR) is 168 cm³/mol. The summed E-state index contributed by atoms with van der Waals surface area (Å²) in [5.74, 6) is -1.52. The van der Waals surface area contributed by atoms with Crippen molar-refractivity contribution in [3.63, 3.8) is 0 Å². The number of nitrogens with one attached hydrogen (secondary N) is 2. The first-order valence-electron chi connectivity index (χ1n) is 15.5.